The second kappa shape index (κ2) is 3.66. The van der Waals surface area contributed by atoms with E-state index in [1.807, 2.05) is 6.20 Å². The van der Waals surface area contributed by atoms with Crippen LogP contribution < -0.4 is 5.32 Å². The number of aromatic nitrogens is 1. The Kier molecular flexibility index (Phi) is 2.54. The van der Waals surface area contributed by atoms with Crippen LogP contribution in [0.4, 0.5) is 5.69 Å². The number of nitrogens with zero attached hydrogens (tertiary/aromatic N) is 1. The number of rotatable bonds is 3. The van der Waals surface area contributed by atoms with Gasteiger partial charge in [0.1, 0.15) is 0 Å². The van der Waals surface area contributed by atoms with Crippen molar-refractivity contribution in [1.29, 1.82) is 0 Å². The molecule has 70 valence electrons. The van der Waals surface area contributed by atoms with Gasteiger partial charge in [0.05, 0.1) is 11.9 Å². The smallest absolute Gasteiger partial charge is 0.0538 e. The molecule has 1 heterocycles. The Morgan fingerprint density at radius 1 is 1.62 bits per heavy atom. The van der Waals surface area contributed by atoms with Gasteiger partial charge in [-0.25, -0.2) is 0 Å². The topological polar surface area (TPSA) is 24.9 Å². The second-order valence-electron chi connectivity index (χ2n) is 3.75. The van der Waals surface area contributed by atoms with Crippen molar-refractivity contribution in [3.05, 3.63) is 22.9 Å². The van der Waals surface area contributed by atoms with Crippen molar-refractivity contribution < 1.29 is 0 Å². The summed E-state index contributed by atoms with van der Waals surface area (Å²) in [4.78, 5) is 4.09. The minimum absolute atomic E-state index is 0.874. The number of hydrogen-bond donors (Lipinski definition) is 1. The lowest BCUT2D eigenvalue weighted by Crippen LogP contribution is -2.04. The van der Waals surface area contributed by atoms with Crippen LogP contribution in [0.25, 0.3) is 0 Å². The highest BCUT2D eigenvalue weighted by molar-refractivity contribution is 9.10. The molecule has 1 aromatic rings. The molecule has 1 fully saturated rings. The fourth-order valence-electron chi connectivity index (χ4n) is 1.44. The Morgan fingerprint density at radius 3 is 3.00 bits per heavy atom. The van der Waals surface area contributed by atoms with Gasteiger partial charge >= 0.3 is 0 Å². The number of nitrogens with one attached hydrogen (secondary N) is 1. The van der Waals surface area contributed by atoms with Crippen molar-refractivity contribution in [2.75, 3.05) is 11.9 Å². The summed E-state index contributed by atoms with van der Waals surface area (Å²) >= 11 is 3.39. The molecule has 2 atom stereocenters. The molecule has 0 aliphatic heterocycles. The summed E-state index contributed by atoms with van der Waals surface area (Å²) < 4.78 is 1.03. The molecule has 1 aromatic heterocycles. The maximum absolute atomic E-state index is 4.09. The van der Waals surface area contributed by atoms with Gasteiger partial charge in [0.2, 0.25) is 0 Å². The molecule has 13 heavy (non-hydrogen) atoms. The summed E-state index contributed by atoms with van der Waals surface area (Å²) in [6, 6.07) is 2.06. The van der Waals surface area contributed by atoms with Crippen LogP contribution in [-0.4, -0.2) is 11.5 Å². The summed E-state index contributed by atoms with van der Waals surface area (Å²) in [5.41, 5.74) is 1.11. The molecule has 0 spiro atoms. The van der Waals surface area contributed by atoms with Crippen molar-refractivity contribution in [1.82, 2.24) is 4.98 Å². The minimum Gasteiger partial charge on any atom is -0.383 e. The van der Waals surface area contributed by atoms with Gasteiger partial charge < -0.3 is 5.32 Å². The van der Waals surface area contributed by atoms with Gasteiger partial charge in [-0.1, -0.05) is 6.92 Å². The average molecular weight is 241 g/mol. The summed E-state index contributed by atoms with van der Waals surface area (Å²) in [5, 5.41) is 3.39. The predicted molar refractivity (Wildman–Crippen MR) is 57.7 cm³/mol. The Bertz CT molecular complexity index is 301. The quantitative estimate of drug-likeness (QED) is 0.880. The van der Waals surface area contributed by atoms with E-state index in [1.165, 1.54) is 6.42 Å². The van der Waals surface area contributed by atoms with E-state index in [0.29, 0.717) is 0 Å². The predicted octanol–water partition coefficient (Wildman–Crippen LogP) is 2.91. The first kappa shape index (κ1) is 9.00. The molecule has 1 N–H and O–H groups in total. The second-order valence-corrected chi connectivity index (χ2v) is 4.66. The fourth-order valence-corrected chi connectivity index (χ4v) is 1.81. The monoisotopic (exact) mass is 240 g/mol. The Morgan fingerprint density at radius 2 is 2.38 bits per heavy atom. The van der Waals surface area contributed by atoms with Crippen LogP contribution >= 0.6 is 15.9 Å². The maximum atomic E-state index is 4.09. The SMILES string of the molecule is CC1CC1CNc1cncc(Br)c1. The molecule has 0 bridgehead atoms. The van der Waals surface area contributed by atoms with Crippen LogP contribution in [0.15, 0.2) is 22.9 Å². The lowest BCUT2D eigenvalue weighted by atomic mass is 10.3. The van der Waals surface area contributed by atoms with Crippen LogP contribution in [0.3, 0.4) is 0 Å². The summed E-state index contributed by atoms with van der Waals surface area (Å²) in [5.74, 6) is 1.78. The number of anilines is 1. The van der Waals surface area contributed by atoms with Gasteiger partial charge in [0.25, 0.3) is 0 Å². The Balaban J connectivity index is 1.87. The molecule has 1 aliphatic carbocycles. The van der Waals surface area contributed by atoms with Gasteiger partial charge in [-0.3, -0.25) is 4.98 Å². The zero-order chi connectivity index (χ0) is 9.26. The standard InChI is InChI=1S/C10H13BrN2/c1-7-2-8(7)4-13-10-3-9(11)5-12-6-10/h3,5-8,13H,2,4H2,1H3. The highest BCUT2D eigenvalue weighted by atomic mass is 79.9. The van der Waals surface area contributed by atoms with E-state index < -0.39 is 0 Å². The first-order valence-corrected chi connectivity index (χ1v) is 5.39. The fraction of sp³-hybridized carbons (Fsp3) is 0.500. The lowest BCUT2D eigenvalue weighted by Gasteiger charge is -2.04. The molecule has 0 amide bonds. The van der Waals surface area contributed by atoms with E-state index >= 15 is 0 Å². The van der Waals surface area contributed by atoms with E-state index in [9.17, 15) is 0 Å². The molecule has 2 unspecified atom stereocenters. The van der Waals surface area contributed by atoms with Crippen LogP contribution in [0, 0.1) is 11.8 Å². The van der Waals surface area contributed by atoms with Gasteiger partial charge in [0.15, 0.2) is 0 Å². The first-order valence-electron chi connectivity index (χ1n) is 4.60. The van der Waals surface area contributed by atoms with Crippen LogP contribution in [0.2, 0.25) is 0 Å². The van der Waals surface area contributed by atoms with Crippen LogP contribution in [-0.2, 0) is 0 Å². The lowest BCUT2D eigenvalue weighted by molar-refractivity contribution is 0.787. The van der Waals surface area contributed by atoms with Gasteiger partial charge in [-0.2, -0.15) is 0 Å². The molecular weight excluding hydrogens is 228 g/mol. The Labute approximate surface area is 86.9 Å². The van der Waals surface area contributed by atoms with Crippen molar-refractivity contribution in [2.45, 2.75) is 13.3 Å². The molecule has 1 saturated carbocycles. The highest BCUT2D eigenvalue weighted by Crippen LogP contribution is 2.37. The summed E-state index contributed by atoms with van der Waals surface area (Å²) in [6.45, 7) is 3.38. The molecule has 2 rings (SSSR count). The average Bonchev–Trinajstić information content (AvgIpc) is 2.79. The molecule has 3 heteroatoms. The summed E-state index contributed by atoms with van der Waals surface area (Å²) in [7, 11) is 0. The zero-order valence-electron chi connectivity index (χ0n) is 7.63. The van der Waals surface area contributed by atoms with E-state index in [0.717, 1.165) is 28.5 Å². The maximum Gasteiger partial charge on any atom is 0.0538 e. The molecule has 0 radical (unpaired) electrons. The number of pyridine rings is 1. The largest absolute Gasteiger partial charge is 0.383 e. The van der Waals surface area contributed by atoms with Crippen LogP contribution in [0.1, 0.15) is 13.3 Å². The molecular formula is C10H13BrN2. The number of halogens is 1. The van der Waals surface area contributed by atoms with Crippen LogP contribution in [0.5, 0.6) is 0 Å². The van der Waals surface area contributed by atoms with E-state index in [1.54, 1.807) is 6.20 Å². The van der Waals surface area contributed by atoms with Crippen molar-refractivity contribution in [3.63, 3.8) is 0 Å². The Hall–Kier alpha value is -0.570. The molecule has 2 nitrogen and oxygen atoms in total. The van der Waals surface area contributed by atoms with Crippen molar-refractivity contribution >= 4 is 21.6 Å². The normalized spacial score (nSPS) is 25.7. The molecule has 0 saturated heterocycles. The van der Waals surface area contributed by atoms with E-state index in [4.69, 9.17) is 0 Å². The van der Waals surface area contributed by atoms with Gasteiger partial charge in [-0.15, -0.1) is 0 Å². The zero-order valence-corrected chi connectivity index (χ0v) is 9.21. The minimum atomic E-state index is 0.874. The van der Waals surface area contributed by atoms with Crippen molar-refractivity contribution in [3.8, 4) is 0 Å². The van der Waals surface area contributed by atoms with E-state index in [2.05, 4.69) is 39.2 Å². The summed E-state index contributed by atoms with van der Waals surface area (Å²) in [6.07, 6.45) is 5.02. The molecule has 0 aromatic carbocycles. The highest BCUT2D eigenvalue weighted by Gasteiger charge is 2.31. The van der Waals surface area contributed by atoms with E-state index in [-0.39, 0.29) is 0 Å². The number of hydrogen-bond acceptors (Lipinski definition) is 2. The third kappa shape index (κ3) is 2.44. The van der Waals surface area contributed by atoms with Gasteiger partial charge in [0, 0.05) is 17.2 Å². The third-order valence-electron chi connectivity index (χ3n) is 2.55. The van der Waals surface area contributed by atoms with Crippen molar-refractivity contribution in [2.24, 2.45) is 11.8 Å². The van der Waals surface area contributed by atoms with Gasteiger partial charge in [-0.05, 0) is 40.3 Å². The third-order valence-corrected chi connectivity index (χ3v) is 2.98. The first-order chi connectivity index (χ1) is 6.25. The molecule has 1 aliphatic rings.